The van der Waals surface area contributed by atoms with E-state index >= 15 is 0 Å². The van der Waals surface area contributed by atoms with Crippen LogP contribution >= 0.6 is 33.9 Å². The Hall–Kier alpha value is -1.89. The Morgan fingerprint density at radius 2 is 2.00 bits per heavy atom. The molecular weight excluding hydrogens is 489 g/mol. The van der Waals surface area contributed by atoms with Crippen LogP contribution in [0.25, 0.3) is 10.2 Å². The Kier molecular flexibility index (Phi) is 5.96. The molecule has 7 nitrogen and oxygen atoms in total. The standard InChI is InChI=1S/C16H12IN3O4S2/c17-11-4-2-1-3-10(11)14(21)19-15(22)20-16-18-12-6-5-9(8-26(23)24)7-13(12)25-16/h1-7H,8H2,(H,23,24)(H2,18,19,20,21,22). The zero-order valence-corrected chi connectivity index (χ0v) is 16.9. The molecule has 3 amide bonds. The van der Waals surface area contributed by atoms with Crippen LogP contribution in [-0.4, -0.2) is 25.7 Å². The van der Waals surface area contributed by atoms with Gasteiger partial charge in [0.2, 0.25) is 0 Å². The second kappa shape index (κ2) is 8.20. The van der Waals surface area contributed by atoms with Crippen LogP contribution in [0, 0.1) is 3.57 Å². The van der Waals surface area contributed by atoms with Crippen LogP contribution in [0.1, 0.15) is 15.9 Å². The summed E-state index contributed by atoms with van der Waals surface area (Å²) in [5.74, 6) is -0.470. The summed E-state index contributed by atoms with van der Waals surface area (Å²) in [6, 6.07) is 11.4. The number of nitrogens with one attached hydrogen (secondary N) is 2. The predicted octanol–water partition coefficient (Wildman–Crippen LogP) is 3.58. The second-order valence-corrected chi connectivity index (χ2v) is 8.30. The number of thiazole rings is 1. The van der Waals surface area contributed by atoms with E-state index in [0.29, 0.717) is 21.8 Å². The van der Waals surface area contributed by atoms with E-state index in [1.807, 2.05) is 22.6 Å². The normalized spacial score (nSPS) is 11.9. The molecule has 0 aliphatic heterocycles. The van der Waals surface area contributed by atoms with Crippen molar-refractivity contribution < 1.29 is 18.4 Å². The number of aromatic nitrogens is 1. The lowest BCUT2D eigenvalue weighted by Crippen LogP contribution is -2.34. The third kappa shape index (κ3) is 4.63. The molecule has 1 atom stereocenters. The van der Waals surface area contributed by atoms with Crippen molar-refractivity contribution in [2.75, 3.05) is 5.32 Å². The van der Waals surface area contributed by atoms with Crippen LogP contribution in [-0.2, 0) is 16.8 Å². The first-order valence-corrected chi connectivity index (χ1v) is 10.4. The van der Waals surface area contributed by atoms with E-state index in [-0.39, 0.29) is 5.75 Å². The van der Waals surface area contributed by atoms with Crippen molar-refractivity contribution in [3.8, 4) is 0 Å². The second-order valence-electron chi connectivity index (χ2n) is 5.18. The average molecular weight is 501 g/mol. The molecule has 0 radical (unpaired) electrons. The molecule has 134 valence electrons. The molecule has 1 aromatic heterocycles. The fourth-order valence-corrected chi connectivity index (χ4v) is 4.22. The number of fused-ring (bicyclic) bond motifs is 1. The van der Waals surface area contributed by atoms with Gasteiger partial charge in [-0.3, -0.25) is 15.4 Å². The van der Waals surface area contributed by atoms with E-state index in [2.05, 4.69) is 15.6 Å². The molecule has 26 heavy (non-hydrogen) atoms. The van der Waals surface area contributed by atoms with E-state index in [1.54, 1.807) is 42.5 Å². The average Bonchev–Trinajstić information content (AvgIpc) is 2.95. The van der Waals surface area contributed by atoms with Crippen molar-refractivity contribution in [1.29, 1.82) is 0 Å². The summed E-state index contributed by atoms with van der Waals surface area (Å²) in [5.41, 5.74) is 1.77. The van der Waals surface area contributed by atoms with Gasteiger partial charge in [-0.25, -0.2) is 14.0 Å². The summed E-state index contributed by atoms with van der Waals surface area (Å²) in [5, 5.41) is 5.13. The van der Waals surface area contributed by atoms with Gasteiger partial charge in [-0.2, -0.15) is 0 Å². The van der Waals surface area contributed by atoms with Crippen LogP contribution in [0.2, 0.25) is 0 Å². The monoisotopic (exact) mass is 501 g/mol. The highest BCUT2D eigenvalue weighted by atomic mass is 127. The molecule has 0 spiro atoms. The molecule has 3 N–H and O–H groups in total. The van der Waals surface area contributed by atoms with Gasteiger partial charge in [0.15, 0.2) is 16.2 Å². The molecule has 1 heterocycles. The fourth-order valence-electron chi connectivity index (χ4n) is 2.20. The molecule has 0 fully saturated rings. The van der Waals surface area contributed by atoms with Crippen molar-refractivity contribution in [3.63, 3.8) is 0 Å². The molecule has 0 bridgehead atoms. The molecule has 3 rings (SSSR count). The maximum absolute atomic E-state index is 12.1. The number of urea groups is 1. The minimum atomic E-state index is -1.92. The van der Waals surface area contributed by atoms with Crippen LogP contribution < -0.4 is 10.6 Å². The Labute approximate surface area is 168 Å². The quantitative estimate of drug-likeness (QED) is 0.374. The first-order chi connectivity index (χ1) is 12.4. The maximum atomic E-state index is 12.1. The highest BCUT2D eigenvalue weighted by Crippen LogP contribution is 2.27. The predicted molar refractivity (Wildman–Crippen MR) is 110 cm³/mol. The molecule has 0 aliphatic rings. The molecule has 3 aromatic rings. The lowest BCUT2D eigenvalue weighted by Gasteiger charge is -2.05. The molecule has 0 aliphatic carbocycles. The zero-order valence-electron chi connectivity index (χ0n) is 13.1. The zero-order chi connectivity index (χ0) is 18.7. The van der Waals surface area contributed by atoms with Gasteiger partial charge in [0, 0.05) is 3.57 Å². The lowest BCUT2D eigenvalue weighted by atomic mass is 10.2. The third-order valence-corrected chi connectivity index (χ3v) is 5.76. The summed E-state index contributed by atoms with van der Waals surface area (Å²) < 4.78 is 21.4. The lowest BCUT2D eigenvalue weighted by molar-refractivity contribution is 0.0966. The summed E-state index contributed by atoms with van der Waals surface area (Å²) >= 11 is 1.32. The van der Waals surface area contributed by atoms with Gasteiger partial charge in [-0.15, -0.1) is 0 Å². The summed E-state index contributed by atoms with van der Waals surface area (Å²) in [6.07, 6.45) is 0. The van der Waals surface area contributed by atoms with E-state index in [1.165, 1.54) is 11.3 Å². The number of anilines is 1. The van der Waals surface area contributed by atoms with Gasteiger partial charge >= 0.3 is 6.03 Å². The SMILES string of the molecule is O=C(NC(=O)c1ccccc1I)Nc1nc2ccc(CS(=O)O)cc2s1. The van der Waals surface area contributed by atoms with Gasteiger partial charge in [0.1, 0.15) is 0 Å². The highest BCUT2D eigenvalue weighted by Gasteiger charge is 2.14. The van der Waals surface area contributed by atoms with Crippen molar-refractivity contribution in [3.05, 3.63) is 57.2 Å². The van der Waals surface area contributed by atoms with E-state index in [4.69, 9.17) is 4.55 Å². The number of hydrogen-bond donors (Lipinski definition) is 3. The largest absolute Gasteiger partial charge is 0.327 e. The smallest absolute Gasteiger partial charge is 0.306 e. The minimum absolute atomic E-state index is 0.0291. The van der Waals surface area contributed by atoms with Gasteiger partial charge in [0.25, 0.3) is 5.91 Å². The van der Waals surface area contributed by atoms with Gasteiger partial charge in [-0.05, 0) is 52.4 Å². The van der Waals surface area contributed by atoms with Crippen LogP contribution in [0.4, 0.5) is 9.93 Å². The number of imide groups is 1. The number of benzene rings is 2. The Bertz CT molecular complexity index is 1020. The van der Waals surface area contributed by atoms with Gasteiger partial charge in [0.05, 0.1) is 21.5 Å². The number of halogens is 1. The van der Waals surface area contributed by atoms with Crippen LogP contribution in [0.15, 0.2) is 42.5 Å². The first kappa shape index (κ1) is 18.9. The fraction of sp³-hybridized carbons (Fsp3) is 0.0625. The Balaban J connectivity index is 1.70. The Morgan fingerprint density at radius 3 is 2.73 bits per heavy atom. The minimum Gasteiger partial charge on any atom is -0.306 e. The molecule has 0 saturated carbocycles. The van der Waals surface area contributed by atoms with Crippen LogP contribution in [0.5, 0.6) is 0 Å². The number of rotatable bonds is 4. The molecule has 2 aromatic carbocycles. The van der Waals surface area contributed by atoms with Crippen LogP contribution in [0.3, 0.4) is 0 Å². The van der Waals surface area contributed by atoms with Gasteiger partial charge < -0.3 is 4.55 Å². The number of hydrogen-bond acceptors (Lipinski definition) is 5. The summed E-state index contributed by atoms with van der Waals surface area (Å²) in [4.78, 5) is 28.4. The van der Waals surface area contributed by atoms with E-state index in [0.717, 1.165) is 8.27 Å². The highest BCUT2D eigenvalue weighted by molar-refractivity contribution is 14.1. The summed E-state index contributed by atoms with van der Waals surface area (Å²) in [6.45, 7) is 0. The first-order valence-electron chi connectivity index (χ1n) is 7.26. The Morgan fingerprint density at radius 1 is 1.23 bits per heavy atom. The molecule has 10 heteroatoms. The number of carbonyl (C=O) groups excluding carboxylic acids is 2. The van der Waals surface area contributed by atoms with Crippen molar-refractivity contribution in [2.45, 2.75) is 5.75 Å². The number of carbonyl (C=O) groups is 2. The van der Waals surface area contributed by atoms with Gasteiger partial charge in [-0.1, -0.05) is 29.5 Å². The molecule has 0 saturated heterocycles. The van der Waals surface area contributed by atoms with Crippen molar-refractivity contribution in [1.82, 2.24) is 10.3 Å². The maximum Gasteiger partial charge on any atom is 0.327 e. The van der Waals surface area contributed by atoms with Crippen molar-refractivity contribution in [2.24, 2.45) is 0 Å². The van der Waals surface area contributed by atoms with E-state index in [9.17, 15) is 13.8 Å². The van der Waals surface area contributed by atoms with E-state index < -0.39 is 23.0 Å². The third-order valence-electron chi connectivity index (χ3n) is 3.31. The number of nitrogens with zero attached hydrogens (tertiary/aromatic N) is 1. The summed E-state index contributed by atoms with van der Waals surface area (Å²) in [7, 11) is 0. The number of amides is 3. The molecular formula is C16H12IN3O4S2. The topological polar surface area (TPSA) is 108 Å². The van der Waals surface area contributed by atoms with Crippen molar-refractivity contribution >= 4 is 72.3 Å². The molecule has 1 unspecified atom stereocenters.